The second-order valence-electron chi connectivity index (χ2n) is 8.04. The van der Waals surface area contributed by atoms with Gasteiger partial charge < -0.3 is 14.8 Å². The maximum absolute atomic E-state index is 6.18. The lowest BCUT2D eigenvalue weighted by atomic mass is 9.90. The van der Waals surface area contributed by atoms with E-state index in [2.05, 4.69) is 31.0 Å². The summed E-state index contributed by atoms with van der Waals surface area (Å²) < 4.78 is 11.6. The van der Waals surface area contributed by atoms with Crippen molar-refractivity contribution in [1.29, 1.82) is 0 Å². The number of aromatic nitrogens is 2. The van der Waals surface area contributed by atoms with Crippen molar-refractivity contribution in [2.24, 2.45) is 0 Å². The quantitative estimate of drug-likeness (QED) is 0.492. The standard InChI is InChI=1S/C21H32N4O2S2/c1-4-12-28-20-23-18(22-6-7-25-8-10-26-11-9-25)17-15-13-21(3,5-2)27-14-16(15)29-19(17)24-20/h4-14H2,1-3H3,(H,22,23,24)/t21-/m1/s1. The van der Waals surface area contributed by atoms with Crippen molar-refractivity contribution in [3.8, 4) is 0 Å². The number of thioether (sulfide) groups is 1. The normalized spacial score (nSPS) is 22.7. The summed E-state index contributed by atoms with van der Waals surface area (Å²) in [7, 11) is 0. The molecule has 0 aromatic carbocycles. The third-order valence-electron chi connectivity index (χ3n) is 5.82. The molecule has 160 valence electrons. The Morgan fingerprint density at radius 3 is 2.83 bits per heavy atom. The van der Waals surface area contributed by atoms with Crippen LogP contribution < -0.4 is 5.32 Å². The second-order valence-corrected chi connectivity index (χ2v) is 10.2. The zero-order valence-corrected chi connectivity index (χ0v) is 19.4. The minimum absolute atomic E-state index is 0.0955. The van der Waals surface area contributed by atoms with Gasteiger partial charge in [0, 0.05) is 43.2 Å². The fourth-order valence-corrected chi connectivity index (χ4v) is 5.68. The van der Waals surface area contributed by atoms with Crippen molar-refractivity contribution in [3.63, 3.8) is 0 Å². The third-order valence-corrected chi connectivity index (χ3v) is 7.98. The largest absolute Gasteiger partial charge is 0.379 e. The number of ether oxygens (including phenoxy) is 2. The lowest BCUT2D eigenvalue weighted by Crippen LogP contribution is -2.39. The van der Waals surface area contributed by atoms with E-state index in [0.29, 0.717) is 6.61 Å². The predicted molar refractivity (Wildman–Crippen MR) is 121 cm³/mol. The average molecular weight is 437 g/mol. The van der Waals surface area contributed by atoms with Crippen molar-refractivity contribution in [1.82, 2.24) is 14.9 Å². The summed E-state index contributed by atoms with van der Waals surface area (Å²) in [6.45, 7) is 12.9. The van der Waals surface area contributed by atoms with Gasteiger partial charge in [-0.05, 0) is 25.3 Å². The van der Waals surface area contributed by atoms with Gasteiger partial charge in [-0.2, -0.15) is 0 Å². The molecular formula is C21H32N4O2S2. The van der Waals surface area contributed by atoms with Crippen molar-refractivity contribution < 1.29 is 9.47 Å². The van der Waals surface area contributed by atoms with Crippen molar-refractivity contribution in [2.45, 2.75) is 57.4 Å². The van der Waals surface area contributed by atoms with Gasteiger partial charge in [0.05, 0.1) is 30.8 Å². The Labute approximate surface area is 181 Å². The van der Waals surface area contributed by atoms with E-state index >= 15 is 0 Å². The van der Waals surface area contributed by atoms with E-state index in [-0.39, 0.29) is 5.60 Å². The van der Waals surface area contributed by atoms with Crippen molar-refractivity contribution in [2.75, 3.05) is 50.5 Å². The predicted octanol–water partition coefficient (Wildman–Crippen LogP) is 4.18. The van der Waals surface area contributed by atoms with E-state index in [1.165, 1.54) is 15.8 Å². The van der Waals surface area contributed by atoms with E-state index in [1.54, 1.807) is 23.1 Å². The van der Waals surface area contributed by atoms with E-state index in [1.807, 2.05) is 0 Å². The number of rotatable bonds is 8. The minimum Gasteiger partial charge on any atom is -0.379 e. The molecule has 4 rings (SSSR count). The Balaban J connectivity index is 1.61. The number of nitrogens with one attached hydrogen (secondary N) is 1. The summed E-state index contributed by atoms with van der Waals surface area (Å²) in [5.74, 6) is 2.04. The monoisotopic (exact) mass is 436 g/mol. The lowest BCUT2D eigenvalue weighted by molar-refractivity contribution is -0.0542. The highest BCUT2D eigenvalue weighted by molar-refractivity contribution is 7.99. The zero-order chi connectivity index (χ0) is 20.3. The fourth-order valence-electron chi connectivity index (χ4n) is 3.82. The Morgan fingerprint density at radius 2 is 2.07 bits per heavy atom. The van der Waals surface area contributed by atoms with Crippen LogP contribution in [0.5, 0.6) is 0 Å². The van der Waals surface area contributed by atoms with Gasteiger partial charge in [0.25, 0.3) is 0 Å². The van der Waals surface area contributed by atoms with E-state index in [9.17, 15) is 0 Å². The molecule has 2 aliphatic rings. The SMILES string of the molecule is CCCSc1nc(NCCN2CCOCC2)c2c3c(sc2n1)CO[C@](C)(CC)C3. The van der Waals surface area contributed by atoms with E-state index in [4.69, 9.17) is 19.4 Å². The van der Waals surface area contributed by atoms with Gasteiger partial charge in [0.15, 0.2) is 5.16 Å². The molecule has 1 N–H and O–H groups in total. The van der Waals surface area contributed by atoms with Crippen LogP contribution in [0.25, 0.3) is 10.2 Å². The molecule has 6 nitrogen and oxygen atoms in total. The van der Waals surface area contributed by atoms with Crippen LogP contribution in [0.3, 0.4) is 0 Å². The molecule has 0 spiro atoms. The first-order chi connectivity index (χ1) is 14.1. The van der Waals surface area contributed by atoms with Crippen LogP contribution >= 0.6 is 23.1 Å². The average Bonchev–Trinajstić information content (AvgIpc) is 3.10. The second kappa shape index (κ2) is 9.47. The molecule has 8 heteroatoms. The zero-order valence-electron chi connectivity index (χ0n) is 17.8. The molecule has 1 saturated heterocycles. The lowest BCUT2D eigenvalue weighted by Gasteiger charge is -2.33. The molecule has 0 radical (unpaired) electrons. The molecule has 2 aliphatic heterocycles. The summed E-state index contributed by atoms with van der Waals surface area (Å²) in [6, 6.07) is 0. The number of anilines is 1. The fraction of sp³-hybridized carbons (Fsp3) is 0.714. The molecule has 29 heavy (non-hydrogen) atoms. The summed E-state index contributed by atoms with van der Waals surface area (Å²) in [4.78, 5) is 14.7. The molecule has 0 bridgehead atoms. The highest BCUT2D eigenvalue weighted by Crippen LogP contribution is 2.42. The Bertz CT molecular complexity index is 838. The van der Waals surface area contributed by atoms with Gasteiger partial charge in [-0.3, -0.25) is 4.90 Å². The highest BCUT2D eigenvalue weighted by atomic mass is 32.2. The first kappa shape index (κ1) is 21.3. The molecule has 0 unspecified atom stereocenters. The van der Waals surface area contributed by atoms with Crippen LogP contribution in [0.4, 0.5) is 5.82 Å². The topological polar surface area (TPSA) is 59.5 Å². The molecule has 0 amide bonds. The molecule has 4 heterocycles. The summed E-state index contributed by atoms with van der Waals surface area (Å²) >= 11 is 3.53. The molecule has 1 atom stereocenters. The molecule has 2 aromatic rings. The van der Waals surface area contributed by atoms with Crippen LogP contribution in [-0.4, -0.2) is 65.6 Å². The van der Waals surface area contributed by atoms with Crippen molar-refractivity contribution >= 4 is 39.1 Å². The van der Waals surface area contributed by atoms with Gasteiger partial charge in [0.1, 0.15) is 10.6 Å². The molecule has 0 aliphatic carbocycles. The first-order valence-corrected chi connectivity index (χ1v) is 12.5. The van der Waals surface area contributed by atoms with Crippen LogP contribution in [0.1, 0.15) is 44.1 Å². The third kappa shape index (κ3) is 4.88. The number of morpholine rings is 1. The summed E-state index contributed by atoms with van der Waals surface area (Å²) in [5.41, 5.74) is 1.29. The Kier molecular flexibility index (Phi) is 6.96. The van der Waals surface area contributed by atoms with Crippen LogP contribution in [0.15, 0.2) is 5.16 Å². The van der Waals surface area contributed by atoms with Crippen LogP contribution in [-0.2, 0) is 22.5 Å². The van der Waals surface area contributed by atoms with Gasteiger partial charge >= 0.3 is 0 Å². The highest BCUT2D eigenvalue weighted by Gasteiger charge is 2.33. The summed E-state index contributed by atoms with van der Waals surface area (Å²) in [6.07, 6.45) is 3.06. The van der Waals surface area contributed by atoms with Crippen LogP contribution in [0, 0.1) is 0 Å². The number of fused-ring (bicyclic) bond motifs is 3. The minimum atomic E-state index is -0.0955. The first-order valence-electron chi connectivity index (χ1n) is 10.7. The van der Waals surface area contributed by atoms with Gasteiger partial charge in [-0.25, -0.2) is 9.97 Å². The molecule has 0 saturated carbocycles. The van der Waals surface area contributed by atoms with E-state index in [0.717, 1.165) is 80.2 Å². The molecule has 1 fully saturated rings. The summed E-state index contributed by atoms with van der Waals surface area (Å²) in [5, 5.41) is 5.75. The van der Waals surface area contributed by atoms with Gasteiger partial charge in [-0.15, -0.1) is 11.3 Å². The number of thiophene rings is 1. The maximum Gasteiger partial charge on any atom is 0.190 e. The smallest absolute Gasteiger partial charge is 0.190 e. The van der Waals surface area contributed by atoms with Crippen molar-refractivity contribution in [3.05, 3.63) is 10.4 Å². The van der Waals surface area contributed by atoms with Gasteiger partial charge in [0.2, 0.25) is 0 Å². The molecule has 2 aromatic heterocycles. The number of nitrogens with zero attached hydrogens (tertiary/aromatic N) is 3. The Morgan fingerprint density at radius 1 is 1.24 bits per heavy atom. The van der Waals surface area contributed by atoms with Gasteiger partial charge in [-0.1, -0.05) is 25.6 Å². The Hall–Kier alpha value is -0.930. The number of hydrogen-bond donors (Lipinski definition) is 1. The van der Waals surface area contributed by atoms with E-state index < -0.39 is 0 Å². The van der Waals surface area contributed by atoms with Crippen LogP contribution in [0.2, 0.25) is 0 Å². The maximum atomic E-state index is 6.18. The molecular weight excluding hydrogens is 404 g/mol. The number of hydrogen-bond acceptors (Lipinski definition) is 8.